The highest BCUT2D eigenvalue weighted by molar-refractivity contribution is 6.01. The van der Waals surface area contributed by atoms with Gasteiger partial charge in [-0.1, -0.05) is 0 Å². The Hall–Kier alpha value is -1.90. The number of aromatic nitrogens is 2. The molecule has 0 saturated carbocycles. The van der Waals surface area contributed by atoms with Crippen LogP contribution in [0.1, 0.15) is 19.3 Å². The SMILES string of the molecule is O=C1CCC(=O)N1COn1on1N1CCC(CO)C1. The summed E-state index contributed by atoms with van der Waals surface area (Å²) in [5.41, 5.74) is 0. The van der Waals surface area contributed by atoms with Crippen LogP contribution in [0.25, 0.3) is 0 Å². The molecule has 2 aliphatic rings. The minimum absolute atomic E-state index is 0.133. The molecule has 106 valence electrons. The number of amides is 2. The van der Waals surface area contributed by atoms with E-state index in [9.17, 15) is 9.59 Å². The number of nitrogens with zero attached hydrogens (tertiary/aromatic N) is 4. The molecular formula is C10H16N4O5. The monoisotopic (exact) mass is 272 g/mol. The summed E-state index contributed by atoms with van der Waals surface area (Å²) < 4.78 is 5.06. The van der Waals surface area contributed by atoms with Gasteiger partial charge < -0.3 is 9.94 Å². The van der Waals surface area contributed by atoms with Gasteiger partial charge >= 0.3 is 0 Å². The predicted molar refractivity (Wildman–Crippen MR) is 60.4 cm³/mol. The van der Waals surface area contributed by atoms with E-state index in [0.29, 0.717) is 6.54 Å². The molecule has 9 heteroatoms. The quantitative estimate of drug-likeness (QED) is 0.647. The lowest BCUT2D eigenvalue weighted by Crippen LogP contribution is -2.36. The van der Waals surface area contributed by atoms with E-state index in [0.717, 1.165) is 22.9 Å². The van der Waals surface area contributed by atoms with Crippen LogP contribution in [0.4, 0.5) is 0 Å². The molecule has 19 heavy (non-hydrogen) atoms. The molecule has 1 atom stereocenters. The minimum Gasteiger partial charge on any atom is -0.396 e. The zero-order valence-electron chi connectivity index (χ0n) is 10.4. The van der Waals surface area contributed by atoms with Crippen LogP contribution in [-0.2, 0) is 9.59 Å². The Morgan fingerprint density at radius 1 is 1.32 bits per heavy atom. The molecule has 0 aliphatic carbocycles. The Balaban J connectivity index is 1.48. The first kappa shape index (κ1) is 12.2. The van der Waals surface area contributed by atoms with Crippen molar-refractivity contribution in [1.82, 2.24) is 14.9 Å². The van der Waals surface area contributed by atoms with Crippen molar-refractivity contribution in [2.75, 3.05) is 31.4 Å². The Morgan fingerprint density at radius 2 is 2.05 bits per heavy atom. The highest BCUT2D eigenvalue weighted by atomic mass is 17.0. The smallest absolute Gasteiger partial charge is 0.232 e. The van der Waals surface area contributed by atoms with Gasteiger partial charge in [-0.15, -0.1) is 0 Å². The third-order valence-corrected chi connectivity index (χ3v) is 3.47. The number of aliphatic hydroxyl groups excluding tert-OH is 1. The summed E-state index contributed by atoms with van der Waals surface area (Å²) >= 11 is 0. The first-order chi connectivity index (χ1) is 9.19. The zero-order chi connectivity index (χ0) is 13.4. The average molecular weight is 272 g/mol. The second kappa shape index (κ2) is 4.65. The van der Waals surface area contributed by atoms with Crippen LogP contribution in [0.2, 0.25) is 0 Å². The van der Waals surface area contributed by atoms with Crippen molar-refractivity contribution in [3.8, 4) is 0 Å². The fourth-order valence-corrected chi connectivity index (χ4v) is 2.26. The molecule has 0 radical (unpaired) electrons. The summed E-state index contributed by atoms with van der Waals surface area (Å²) in [7, 11) is 0. The second-order valence-corrected chi connectivity index (χ2v) is 4.80. The van der Waals surface area contributed by atoms with E-state index < -0.39 is 0 Å². The zero-order valence-corrected chi connectivity index (χ0v) is 10.4. The van der Waals surface area contributed by atoms with Gasteiger partial charge in [0.2, 0.25) is 18.5 Å². The lowest BCUT2D eigenvalue weighted by molar-refractivity contribution is -0.146. The third-order valence-electron chi connectivity index (χ3n) is 3.47. The molecule has 2 saturated heterocycles. The number of hydrogen-bond donors (Lipinski definition) is 1. The fraction of sp³-hybridized carbons (Fsp3) is 0.800. The van der Waals surface area contributed by atoms with Gasteiger partial charge in [0.25, 0.3) is 0 Å². The fourth-order valence-electron chi connectivity index (χ4n) is 2.26. The molecule has 0 aromatic carbocycles. The van der Waals surface area contributed by atoms with E-state index in [1.807, 2.05) is 5.01 Å². The molecule has 3 rings (SSSR count). The Labute approximate surface area is 108 Å². The van der Waals surface area contributed by atoms with Crippen molar-refractivity contribution in [2.24, 2.45) is 5.92 Å². The van der Waals surface area contributed by atoms with Crippen LogP contribution in [0, 0.1) is 5.92 Å². The summed E-state index contributed by atoms with van der Waals surface area (Å²) in [5, 5.41) is 12.1. The predicted octanol–water partition coefficient (Wildman–Crippen LogP) is -1.63. The van der Waals surface area contributed by atoms with Crippen molar-refractivity contribution in [3.05, 3.63) is 0 Å². The molecule has 1 aromatic rings. The molecule has 3 heterocycles. The summed E-state index contributed by atoms with van der Waals surface area (Å²) in [6.07, 6.45) is 1.39. The number of carbonyl (C=O) groups excluding carboxylic acids is 2. The first-order valence-corrected chi connectivity index (χ1v) is 6.29. The molecular weight excluding hydrogens is 256 g/mol. The van der Waals surface area contributed by atoms with Crippen LogP contribution in [0.3, 0.4) is 0 Å². The van der Waals surface area contributed by atoms with Gasteiger partial charge in [-0.3, -0.25) is 14.6 Å². The van der Waals surface area contributed by atoms with Gasteiger partial charge in [-0.25, -0.2) is 4.90 Å². The number of carbonyl (C=O) groups is 2. The molecule has 1 aromatic heterocycles. The van der Waals surface area contributed by atoms with E-state index in [2.05, 4.69) is 0 Å². The molecule has 2 amide bonds. The summed E-state index contributed by atoms with van der Waals surface area (Å²) in [4.78, 5) is 30.4. The van der Waals surface area contributed by atoms with Crippen molar-refractivity contribution in [3.63, 3.8) is 0 Å². The Kier molecular flexibility index (Phi) is 2.97. The van der Waals surface area contributed by atoms with Crippen LogP contribution in [0.15, 0.2) is 4.63 Å². The number of rotatable bonds is 5. The van der Waals surface area contributed by atoms with Crippen LogP contribution < -0.4 is 9.85 Å². The number of imide groups is 1. The number of likely N-dealkylation sites (tertiary alicyclic amines) is 1. The maximum absolute atomic E-state index is 11.4. The van der Waals surface area contributed by atoms with Gasteiger partial charge in [-0.05, 0) is 6.42 Å². The maximum Gasteiger partial charge on any atom is 0.232 e. The van der Waals surface area contributed by atoms with Crippen molar-refractivity contribution >= 4 is 11.8 Å². The van der Waals surface area contributed by atoms with E-state index in [4.69, 9.17) is 14.6 Å². The molecule has 2 aliphatic heterocycles. The van der Waals surface area contributed by atoms with Crippen molar-refractivity contribution < 1.29 is 24.2 Å². The van der Waals surface area contributed by atoms with Gasteiger partial charge in [0.15, 0.2) is 0 Å². The lowest BCUT2D eigenvalue weighted by Gasteiger charge is -2.12. The van der Waals surface area contributed by atoms with Gasteiger partial charge in [0, 0.05) is 43.4 Å². The Bertz CT molecular complexity index is 459. The molecule has 1 N–H and O–H groups in total. The standard InChI is InChI=1S/C10H16N4O5/c15-6-8-3-4-11(5-8)13-14(19-13)18-7-12-9(16)1-2-10(12)17/h8,15H,1-7H2. The lowest BCUT2D eigenvalue weighted by atomic mass is 10.1. The third kappa shape index (κ3) is 2.33. The molecule has 9 nitrogen and oxygen atoms in total. The summed E-state index contributed by atoms with van der Waals surface area (Å²) in [6, 6.07) is 0. The van der Waals surface area contributed by atoms with E-state index in [1.54, 1.807) is 0 Å². The highest BCUT2D eigenvalue weighted by Crippen LogP contribution is 2.16. The summed E-state index contributed by atoms with van der Waals surface area (Å²) in [5.74, 6) is -0.201. The normalized spacial score (nSPS) is 23.9. The largest absolute Gasteiger partial charge is 0.396 e. The highest BCUT2D eigenvalue weighted by Gasteiger charge is 2.32. The first-order valence-electron chi connectivity index (χ1n) is 6.29. The number of hydrogen-bond acceptors (Lipinski definition) is 6. The molecule has 0 bridgehead atoms. The van der Waals surface area contributed by atoms with E-state index >= 15 is 0 Å². The van der Waals surface area contributed by atoms with Gasteiger partial charge in [0.1, 0.15) is 5.02 Å². The minimum atomic E-state index is -0.222. The maximum atomic E-state index is 11.4. The van der Waals surface area contributed by atoms with Crippen LogP contribution in [0.5, 0.6) is 0 Å². The van der Waals surface area contributed by atoms with Crippen molar-refractivity contribution in [2.45, 2.75) is 19.3 Å². The average Bonchev–Trinajstić information content (AvgIpc) is 2.89. The molecule has 2 fully saturated rings. The summed E-state index contributed by atoms with van der Waals surface area (Å²) in [6.45, 7) is 1.48. The van der Waals surface area contributed by atoms with Crippen molar-refractivity contribution in [1.29, 1.82) is 0 Å². The second-order valence-electron chi connectivity index (χ2n) is 4.80. The van der Waals surface area contributed by atoms with E-state index in [-0.39, 0.29) is 43.9 Å². The Morgan fingerprint density at radius 3 is 2.68 bits per heavy atom. The molecule has 1 unspecified atom stereocenters. The molecule has 0 spiro atoms. The topological polar surface area (TPSA) is 93.1 Å². The van der Waals surface area contributed by atoms with Gasteiger partial charge in [-0.2, -0.15) is 4.63 Å². The van der Waals surface area contributed by atoms with Gasteiger partial charge in [0.05, 0.1) is 0 Å². The van der Waals surface area contributed by atoms with E-state index in [1.165, 1.54) is 4.96 Å². The number of aliphatic hydroxyl groups is 1. The van der Waals surface area contributed by atoms with Crippen LogP contribution in [-0.4, -0.2) is 58.2 Å². The van der Waals surface area contributed by atoms with Crippen LogP contribution >= 0.6 is 0 Å².